The number of halogens is 2. The lowest BCUT2D eigenvalue weighted by Crippen LogP contribution is -2.60. The van der Waals surface area contributed by atoms with E-state index in [1.807, 2.05) is 51.4 Å². The van der Waals surface area contributed by atoms with Crippen LogP contribution in [0.3, 0.4) is 0 Å². The molecule has 0 aliphatic carbocycles. The van der Waals surface area contributed by atoms with E-state index in [1.165, 1.54) is 4.90 Å². The number of fused-ring (bicyclic) bond motifs is 1. The monoisotopic (exact) mass is 601 g/mol. The summed E-state index contributed by atoms with van der Waals surface area (Å²) in [5.41, 5.74) is 3.11. The molecule has 0 spiro atoms. The molecule has 2 aliphatic heterocycles. The molecule has 2 aromatic carbocycles. The molecule has 11 heteroatoms. The van der Waals surface area contributed by atoms with Crippen molar-refractivity contribution in [2.75, 3.05) is 37.7 Å². The largest absolute Gasteiger partial charge is 0.444 e. The fourth-order valence-electron chi connectivity index (χ4n) is 5.80. The molecule has 1 N–H and O–H groups in total. The van der Waals surface area contributed by atoms with Gasteiger partial charge in [-0.15, -0.1) is 0 Å². The topological polar surface area (TPSA) is 91.1 Å². The quantitative estimate of drug-likeness (QED) is 0.423. The molecule has 0 bridgehead atoms. The third-order valence-electron chi connectivity index (χ3n) is 7.90. The molecule has 1 aromatic heterocycles. The third-order valence-corrected chi connectivity index (χ3v) is 8.46. The van der Waals surface area contributed by atoms with E-state index in [0.29, 0.717) is 42.6 Å². The maximum atomic E-state index is 13.7. The van der Waals surface area contributed by atoms with Gasteiger partial charge in [0.1, 0.15) is 11.6 Å². The van der Waals surface area contributed by atoms with Gasteiger partial charge in [-0.05, 0) is 76.4 Å². The molecule has 2 aliphatic rings. The number of imidazole rings is 1. The van der Waals surface area contributed by atoms with Gasteiger partial charge < -0.3 is 24.2 Å². The van der Waals surface area contributed by atoms with Crippen molar-refractivity contribution in [3.63, 3.8) is 0 Å². The molecule has 2 fully saturated rings. The van der Waals surface area contributed by atoms with E-state index < -0.39 is 23.8 Å². The third kappa shape index (κ3) is 6.12. The van der Waals surface area contributed by atoms with Crippen LogP contribution in [-0.4, -0.2) is 86.9 Å². The summed E-state index contributed by atoms with van der Waals surface area (Å²) in [5.74, 6) is -0.130. The Kier molecular flexibility index (Phi) is 8.41. The minimum absolute atomic E-state index is 0.0704. The van der Waals surface area contributed by atoms with Crippen LogP contribution in [0, 0.1) is 0 Å². The van der Waals surface area contributed by atoms with Gasteiger partial charge in [0.15, 0.2) is 0 Å². The predicted octanol–water partition coefficient (Wildman–Crippen LogP) is 5.36. The summed E-state index contributed by atoms with van der Waals surface area (Å²) in [7, 11) is 0. The van der Waals surface area contributed by atoms with Crippen molar-refractivity contribution < 1.29 is 19.4 Å². The van der Waals surface area contributed by atoms with E-state index in [4.69, 9.17) is 27.9 Å². The number of hydrogen-bond acceptors (Lipinski definition) is 6. The van der Waals surface area contributed by atoms with Gasteiger partial charge in [0.2, 0.25) is 5.91 Å². The molecule has 3 atom stereocenters. The number of amides is 2. The average Bonchev–Trinajstić information content (AvgIpc) is 3.58. The number of carbonyl (C=O) groups excluding carboxylic acids is 2. The Hall–Kier alpha value is -3.01. The minimum Gasteiger partial charge on any atom is -0.444 e. The Labute approximate surface area is 250 Å². The highest BCUT2D eigenvalue weighted by molar-refractivity contribution is 6.35. The van der Waals surface area contributed by atoms with Gasteiger partial charge in [0.25, 0.3) is 0 Å². The molecule has 9 nitrogen and oxygen atoms in total. The number of nitrogens with zero attached hydrogens (tertiary/aromatic N) is 5. The van der Waals surface area contributed by atoms with E-state index >= 15 is 0 Å². The first-order valence-electron chi connectivity index (χ1n) is 14.0. The molecular weight excluding hydrogens is 565 g/mol. The lowest BCUT2D eigenvalue weighted by molar-refractivity contribution is -0.139. The van der Waals surface area contributed by atoms with Crippen molar-refractivity contribution in [1.82, 2.24) is 19.4 Å². The maximum absolute atomic E-state index is 13.7. The Morgan fingerprint density at radius 2 is 1.88 bits per heavy atom. The highest BCUT2D eigenvalue weighted by atomic mass is 35.5. The van der Waals surface area contributed by atoms with Crippen LogP contribution in [0.5, 0.6) is 0 Å². The second-order valence-electron chi connectivity index (χ2n) is 11.8. The Morgan fingerprint density at radius 3 is 2.59 bits per heavy atom. The number of aliphatic hydroxyl groups is 1. The zero-order valence-corrected chi connectivity index (χ0v) is 25.4. The molecule has 2 saturated heterocycles. The van der Waals surface area contributed by atoms with E-state index in [0.717, 1.165) is 28.7 Å². The van der Waals surface area contributed by atoms with Crippen LogP contribution in [0.2, 0.25) is 10.0 Å². The van der Waals surface area contributed by atoms with Gasteiger partial charge in [0, 0.05) is 41.9 Å². The molecule has 2 unspecified atom stereocenters. The number of ether oxygens (including phenoxy) is 1. The number of carbonyl (C=O) groups is 2. The first-order valence-corrected chi connectivity index (χ1v) is 14.8. The summed E-state index contributed by atoms with van der Waals surface area (Å²) < 4.78 is 7.64. The van der Waals surface area contributed by atoms with Crippen molar-refractivity contribution in [3.05, 3.63) is 58.3 Å². The predicted molar refractivity (Wildman–Crippen MR) is 161 cm³/mol. The van der Waals surface area contributed by atoms with Crippen molar-refractivity contribution >= 4 is 51.9 Å². The van der Waals surface area contributed by atoms with E-state index in [2.05, 4.69) is 27.4 Å². The average molecular weight is 603 g/mol. The fourth-order valence-corrected chi connectivity index (χ4v) is 6.37. The second kappa shape index (κ2) is 11.7. The Morgan fingerprint density at radius 1 is 1.10 bits per heavy atom. The zero-order chi connectivity index (χ0) is 29.5. The smallest absolute Gasteiger partial charge is 0.410 e. The van der Waals surface area contributed by atoms with Gasteiger partial charge in [-0.2, -0.15) is 0 Å². The number of likely N-dealkylation sites (tertiary alicyclic amines) is 1. The number of anilines is 1. The maximum Gasteiger partial charge on any atom is 0.410 e. The van der Waals surface area contributed by atoms with Crippen LogP contribution >= 0.6 is 23.2 Å². The highest BCUT2D eigenvalue weighted by Crippen LogP contribution is 2.33. The molecule has 0 saturated carbocycles. The number of rotatable bonds is 5. The molecule has 220 valence electrons. The van der Waals surface area contributed by atoms with Crippen molar-refractivity contribution in [3.8, 4) is 0 Å². The van der Waals surface area contributed by atoms with Crippen LogP contribution in [0.1, 0.15) is 52.1 Å². The van der Waals surface area contributed by atoms with Crippen LogP contribution in [0.15, 0.2) is 42.7 Å². The van der Waals surface area contributed by atoms with Crippen LogP contribution in [0.25, 0.3) is 11.0 Å². The summed E-state index contributed by atoms with van der Waals surface area (Å²) in [6, 6.07) is 10.6. The molecular formula is C30H37Cl2N5O4. The first-order chi connectivity index (χ1) is 19.5. The summed E-state index contributed by atoms with van der Waals surface area (Å²) in [6.07, 6.45) is 2.68. The van der Waals surface area contributed by atoms with Crippen LogP contribution < -0.4 is 4.90 Å². The molecule has 0 radical (unpaired) electrons. The Bertz CT molecular complexity index is 1440. The number of aromatic nitrogens is 2. The number of aliphatic hydroxyl groups excluding tert-OH is 1. The molecule has 5 rings (SSSR count). The molecule has 3 aromatic rings. The summed E-state index contributed by atoms with van der Waals surface area (Å²) >= 11 is 12.6. The van der Waals surface area contributed by atoms with Crippen LogP contribution in [-0.2, 0) is 9.53 Å². The second-order valence-corrected chi connectivity index (χ2v) is 12.7. The van der Waals surface area contributed by atoms with Crippen LogP contribution in [0.4, 0.5) is 10.5 Å². The molecule has 2 amide bonds. The fraction of sp³-hybridized carbons (Fsp3) is 0.500. The SMILES string of the molecule is C[C@H](c1ccc(Cl)cc1Cl)n1cnc2ccc(N3CCN(C(=O)C4CCCN4C(=O)OC(C)(C)C)C(CO)C3)cc21. The van der Waals surface area contributed by atoms with Crippen molar-refractivity contribution in [2.45, 2.75) is 64.3 Å². The van der Waals surface area contributed by atoms with Crippen molar-refractivity contribution in [1.29, 1.82) is 0 Å². The van der Waals surface area contributed by atoms with Gasteiger partial charge in [-0.25, -0.2) is 9.78 Å². The summed E-state index contributed by atoms with van der Waals surface area (Å²) in [5, 5.41) is 11.5. The van der Waals surface area contributed by atoms with Gasteiger partial charge in [0.05, 0.1) is 36.1 Å². The first kappa shape index (κ1) is 29.5. The van der Waals surface area contributed by atoms with Gasteiger partial charge in [-0.1, -0.05) is 29.3 Å². The van der Waals surface area contributed by atoms with E-state index in [1.54, 1.807) is 11.0 Å². The van der Waals surface area contributed by atoms with Gasteiger partial charge in [-0.3, -0.25) is 9.69 Å². The normalized spacial score (nSPS) is 20.5. The summed E-state index contributed by atoms with van der Waals surface area (Å²) in [4.78, 5) is 36.5. The Balaban J connectivity index is 1.33. The standard InChI is InChI=1S/C30H37Cl2N5O4/c1-19(23-9-7-20(31)14-24(23)32)37-18-33-25-10-8-21(15-27(25)37)34-12-13-35(22(16-34)17-38)28(39)26-6-5-11-36(26)29(40)41-30(2,3)4/h7-10,14-15,18-19,22,26,38H,5-6,11-13,16-17H2,1-4H3/t19-,22?,26?/m1/s1. The number of benzene rings is 2. The minimum atomic E-state index is -0.637. The number of piperazine rings is 1. The lowest BCUT2D eigenvalue weighted by Gasteiger charge is -2.43. The molecule has 41 heavy (non-hydrogen) atoms. The molecule has 3 heterocycles. The zero-order valence-electron chi connectivity index (χ0n) is 23.9. The summed E-state index contributed by atoms with van der Waals surface area (Å²) in [6.45, 7) is 9.34. The highest BCUT2D eigenvalue weighted by Gasteiger charge is 2.41. The van der Waals surface area contributed by atoms with Crippen molar-refractivity contribution in [2.24, 2.45) is 0 Å². The van der Waals surface area contributed by atoms with E-state index in [9.17, 15) is 14.7 Å². The van der Waals surface area contributed by atoms with Gasteiger partial charge >= 0.3 is 6.09 Å². The lowest BCUT2D eigenvalue weighted by atomic mass is 10.1. The van der Waals surface area contributed by atoms with E-state index in [-0.39, 0.29) is 18.6 Å². The number of hydrogen-bond donors (Lipinski definition) is 1.